The van der Waals surface area contributed by atoms with Crippen LogP contribution in [-0.4, -0.2) is 35.6 Å². The van der Waals surface area contributed by atoms with Crippen molar-refractivity contribution in [3.63, 3.8) is 0 Å². The summed E-state index contributed by atoms with van der Waals surface area (Å²) in [7, 11) is 0. The molecule has 3 rings (SSSR count). The first-order valence-electron chi connectivity index (χ1n) is 10.2. The topological polar surface area (TPSA) is 43.8 Å². The van der Waals surface area contributed by atoms with Gasteiger partial charge in [-0.05, 0) is 56.9 Å². The molecule has 0 aromatic heterocycles. The number of para-hydroxylation sites is 1. The lowest BCUT2D eigenvalue weighted by Gasteiger charge is -2.25. The molecule has 2 aromatic carbocycles. The lowest BCUT2D eigenvalue weighted by Crippen LogP contribution is -2.32. The third kappa shape index (κ3) is 4.56. The summed E-state index contributed by atoms with van der Waals surface area (Å²) in [6.45, 7) is 12.7. The number of benzene rings is 2. The number of fused-ring (bicyclic) bond motifs is 1. The highest BCUT2D eigenvalue weighted by Gasteiger charge is 2.28. The first-order chi connectivity index (χ1) is 13.3. The van der Waals surface area contributed by atoms with Crippen LogP contribution in [0.3, 0.4) is 0 Å². The van der Waals surface area contributed by atoms with Gasteiger partial charge in [-0.25, -0.2) is 0 Å². The standard InChI is InChI=1S/C24H32N2O2/c1-5-26-13-12-25(16-20-8-6-7-9-22(20)26)17-21-14-18(2)10-11-19(21)15-24(3,4)23(27)28/h6-11,14H,5,12-13,15-17H2,1-4H3,(H,27,28). The number of carboxylic acid groups (broad SMARTS) is 1. The molecular formula is C24H32N2O2. The van der Waals surface area contributed by atoms with E-state index < -0.39 is 11.4 Å². The molecule has 1 N–H and O–H groups in total. The quantitative estimate of drug-likeness (QED) is 0.802. The zero-order valence-electron chi connectivity index (χ0n) is 17.5. The molecule has 0 fully saturated rings. The summed E-state index contributed by atoms with van der Waals surface area (Å²) in [5.74, 6) is -0.749. The van der Waals surface area contributed by atoms with E-state index in [2.05, 4.69) is 66.1 Å². The molecule has 0 unspecified atom stereocenters. The highest BCUT2D eigenvalue weighted by molar-refractivity contribution is 5.74. The predicted molar refractivity (Wildman–Crippen MR) is 115 cm³/mol. The first kappa shape index (κ1) is 20.4. The number of hydrogen-bond donors (Lipinski definition) is 1. The summed E-state index contributed by atoms with van der Waals surface area (Å²) in [5.41, 5.74) is 5.54. The Morgan fingerprint density at radius 2 is 1.86 bits per heavy atom. The Balaban J connectivity index is 1.86. The minimum Gasteiger partial charge on any atom is -0.481 e. The number of aryl methyl sites for hydroxylation is 1. The minimum absolute atomic E-state index is 0.545. The van der Waals surface area contributed by atoms with Crippen molar-refractivity contribution in [2.24, 2.45) is 5.41 Å². The van der Waals surface area contributed by atoms with Gasteiger partial charge < -0.3 is 10.0 Å². The van der Waals surface area contributed by atoms with E-state index in [0.29, 0.717) is 6.42 Å². The van der Waals surface area contributed by atoms with Crippen LogP contribution >= 0.6 is 0 Å². The number of hydrogen-bond acceptors (Lipinski definition) is 3. The molecular weight excluding hydrogens is 348 g/mol. The largest absolute Gasteiger partial charge is 0.481 e. The molecule has 0 atom stereocenters. The molecule has 150 valence electrons. The van der Waals surface area contributed by atoms with E-state index >= 15 is 0 Å². The monoisotopic (exact) mass is 380 g/mol. The van der Waals surface area contributed by atoms with Crippen molar-refractivity contribution in [3.05, 3.63) is 64.7 Å². The molecule has 1 aliphatic rings. The van der Waals surface area contributed by atoms with E-state index in [4.69, 9.17) is 0 Å². The molecule has 0 saturated carbocycles. The van der Waals surface area contributed by atoms with Gasteiger partial charge in [0.1, 0.15) is 0 Å². The van der Waals surface area contributed by atoms with Gasteiger partial charge in [-0.2, -0.15) is 0 Å². The Kier molecular flexibility index (Phi) is 6.09. The Morgan fingerprint density at radius 3 is 2.57 bits per heavy atom. The van der Waals surface area contributed by atoms with Crippen LogP contribution in [0.5, 0.6) is 0 Å². The van der Waals surface area contributed by atoms with Crippen molar-refractivity contribution in [2.45, 2.75) is 47.2 Å². The van der Waals surface area contributed by atoms with Crippen LogP contribution < -0.4 is 4.90 Å². The summed E-state index contributed by atoms with van der Waals surface area (Å²) in [4.78, 5) is 16.6. The summed E-state index contributed by atoms with van der Waals surface area (Å²) in [5, 5.41) is 9.56. The van der Waals surface area contributed by atoms with Crippen LogP contribution in [0.1, 0.15) is 43.0 Å². The Hall–Kier alpha value is -2.33. The van der Waals surface area contributed by atoms with Crippen LogP contribution in [0.15, 0.2) is 42.5 Å². The summed E-state index contributed by atoms with van der Waals surface area (Å²) in [6.07, 6.45) is 0.545. The number of nitrogens with zero attached hydrogens (tertiary/aromatic N) is 2. The van der Waals surface area contributed by atoms with E-state index in [1.165, 1.54) is 22.4 Å². The molecule has 1 aliphatic heterocycles. The van der Waals surface area contributed by atoms with Gasteiger partial charge >= 0.3 is 5.97 Å². The van der Waals surface area contributed by atoms with Crippen LogP contribution in [0.25, 0.3) is 0 Å². The average molecular weight is 381 g/mol. The molecule has 0 spiro atoms. The molecule has 1 heterocycles. The summed E-state index contributed by atoms with van der Waals surface area (Å²) in [6, 6.07) is 15.1. The fourth-order valence-electron chi connectivity index (χ4n) is 3.99. The van der Waals surface area contributed by atoms with Crippen molar-refractivity contribution in [3.8, 4) is 0 Å². The van der Waals surface area contributed by atoms with Crippen molar-refractivity contribution in [2.75, 3.05) is 24.5 Å². The third-order valence-corrected chi connectivity index (χ3v) is 5.76. The number of likely N-dealkylation sites (N-methyl/N-ethyl adjacent to an activating group) is 1. The second-order valence-electron chi connectivity index (χ2n) is 8.56. The smallest absolute Gasteiger partial charge is 0.309 e. The Labute approximate surface area is 168 Å². The van der Waals surface area contributed by atoms with Crippen molar-refractivity contribution >= 4 is 11.7 Å². The Bertz CT molecular complexity index is 844. The van der Waals surface area contributed by atoms with Gasteiger partial charge in [0.25, 0.3) is 0 Å². The van der Waals surface area contributed by atoms with Gasteiger partial charge in [0, 0.05) is 38.4 Å². The van der Waals surface area contributed by atoms with Crippen LogP contribution in [0.2, 0.25) is 0 Å². The molecule has 0 saturated heterocycles. The fourth-order valence-corrected chi connectivity index (χ4v) is 3.99. The first-order valence-corrected chi connectivity index (χ1v) is 10.2. The molecule has 28 heavy (non-hydrogen) atoms. The fraction of sp³-hybridized carbons (Fsp3) is 0.458. The number of carbonyl (C=O) groups is 1. The zero-order valence-corrected chi connectivity index (χ0v) is 17.5. The predicted octanol–water partition coefficient (Wildman–Crippen LogP) is 4.49. The molecule has 0 amide bonds. The van der Waals surface area contributed by atoms with Gasteiger partial charge in [-0.15, -0.1) is 0 Å². The molecule has 4 nitrogen and oxygen atoms in total. The van der Waals surface area contributed by atoms with Crippen molar-refractivity contribution in [1.29, 1.82) is 0 Å². The van der Waals surface area contributed by atoms with Gasteiger partial charge in [0.2, 0.25) is 0 Å². The van der Waals surface area contributed by atoms with Crippen LogP contribution in [0.4, 0.5) is 5.69 Å². The SMILES string of the molecule is CCN1CCN(Cc2cc(C)ccc2CC(C)(C)C(=O)O)Cc2ccccc21. The van der Waals surface area contributed by atoms with E-state index in [0.717, 1.165) is 38.3 Å². The summed E-state index contributed by atoms with van der Waals surface area (Å²) >= 11 is 0. The van der Waals surface area contributed by atoms with Gasteiger partial charge in [-0.1, -0.05) is 42.0 Å². The number of aliphatic carboxylic acids is 1. The van der Waals surface area contributed by atoms with E-state index in [1.54, 1.807) is 13.8 Å². The van der Waals surface area contributed by atoms with Gasteiger partial charge in [0.15, 0.2) is 0 Å². The van der Waals surface area contributed by atoms with E-state index in [-0.39, 0.29) is 0 Å². The van der Waals surface area contributed by atoms with Crippen molar-refractivity contribution < 1.29 is 9.90 Å². The minimum atomic E-state index is -0.769. The van der Waals surface area contributed by atoms with Crippen LogP contribution in [-0.2, 0) is 24.3 Å². The van der Waals surface area contributed by atoms with Crippen LogP contribution in [0, 0.1) is 12.3 Å². The lowest BCUT2D eigenvalue weighted by molar-refractivity contribution is -0.146. The van der Waals surface area contributed by atoms with E-state index in [1.807, 2.05) is 0 Å². The molecule has 0 bridgehead atoms. The highest BCUT2D eigenvalue weighted by Crippen LogP contribution is 2.28. The van der Waals surface area contributed by atoms with Gasteiger partial charge in [-0.3, -0.25) is 9.69 Å². The Morgan fingerprint density at radius 1 is 1.11 bits per heavy atom. The van der Waals surface area contributed by atoms with Gasteiger partial charge in [0.05, 0.1) is 5.41 Å². The van der Waals surface area contributed by atoms with Crippen molar-refractivity contribution in [1.82, 2.24) is 4.90 Å². The zero-order chi connectivity index (χ0) is 20.3. The maximum absolute atomic E-state index is 11.6. The molecule has 0 aliphatic carbocycles. The molecule has 0 radical (unpaired) electrons. The number of anilines is 1. The second-order valence-corrected chi connectivity index (χ2v) is 8.56. The molecule has 4 heteroatoms. The number of carboxylic acids is 1. The van der Waals surface area contributed by atoms with E-state index in [9.17, 15) is 9.90 Å². The number of rotatable bonds is 6. The average Bonchev–Trinajstić information content (AvgIpc) is 2.82. The maximum atomic E-state index is 11.6. The third-order valence-electron chi connectivity index (χ3n) is 5.76. The molecule has 2 aromatic rings. The second kappa shape index (κ2) is 8.36. The summed E-state index contributed by atoms with van der Waals surface area (Å²) < 4.78 is 0. The highest BCUT2D eigenvalue weighted by atomic mass is 16.4. The lowest BCUT2D eigenvalue weighted by atomic mass is 9.84. The normalized spacial score (nSPS) is 15.2. The maximum Gasteiger partial charge on any atom is 0.309 e.